The highest BCUT2D eigenvalue weighted by Crippen LogP contribution is 2.09. The summed E-state index contributed by atoms with van der Waals surface area (Å²) in [6.07, 6.45) is 5.28. The molecule has 1 nitrogen and oxygen atoms in total. The summed E-state index contributed by atoms with van der Waals surface area (Å²) >= 11 is 0. The molecular weight excluding hydrogens is 218 g/mol. The van der Waals surface area contributed by atoms with Crippen molar-refractivity contribution in [2.24, 2.45) is 11.7 Å². The second kappa shape index (κ2) is 8.23. The summed E-state index contributed by atoms with van der Waals surface area (Å²) in [6, 6.07) is 10.4. The van der Waals surface area contributed by atoms with Gasteiger partial charge in [-0.3, -0.25) is 0 Å². The summed E-state index contributed by atoms with van der Waals surface area (Å²) in [5, 5.41) is 0. The van der Waals surface area contributed by atoms with Crippen LogP contribution in [-0.2, 0) is 6.42 Å². The van der Waals surface area contributed by atoms with Crippen molar-refractivity contribution in [2.45, 2.75) is 33.1 Å². The second-order valence-corrected chi connectivity index (χ2v) is 4.40. The van der Waals surface area contributed by atoms with Crippen molar-refractivity contribution in [3.63, 3.8) is 0 Å². The molecule has 1 rings (SSSR count). The van der Waals surface area contributed by atoms with E-state index in [0.29, 0.717) is 0 Å². The number of allylic oxidation sites excluding steroid dienone is 2. The summed E-state index contributed by atoms with van der Waals surface area (Å²) in [4.78, 5) is 0. The van der Waals surface area contributed by atoms with Crippen molar-refractivity contribution < 1.29 is 0 Å². The molecule has 2 N–H and O–H groups in total. The van der Waals surface area contributed by atoms with Crippen LogP contribution in [0.15, 0.2) is 42.1 Å². The maximum absolute atomic E-state index is 5.93. The van der Waals surface area contributed by atoms with Crippen molar-refractivity contribution in [2.75, 3.05) is 0 Å². The minimum Gasteiger partial charge on any atom is -0.402 e. The van der Waals surface area contributed by atoms with Gasteiger partial charge in [0.2, 0.25) is 0 Å². The Kier molecular flexibility index (Phi) is 7.74. The van der Waals surface area contributed by atoms with Crippen molar-refractivity contribution in [3.05, 3.63) is 47.7 Å². The van der Waals surface area contributed by atoms with Crippen LogP contribution in [0.4, 0.5) is 0 Å². The van der Waals surface area contributed by atoms with Gasteiger partial charge < -0.3 is 5.73 Å². The summed E-state index contributed by atoms with van der Waals surface area (Å²) in [7, 11) is 0. The van der Waals surface area contributed by atoms with Gasteiger partial charge in [0.05, 0.1) is 0 Å². The van der Waals surface area contributed by atoms with E-state index < -0.39 is 0 Å². The lowest BCUT2D eigenvalue weighted by atomic mass is 10.1. The van der Waals surface area contributed by atoms with Gasteiger partial charge in [0, 0.05) is 5.70 Å². The van der Waals surface area contributed by atoms with Crippen LogP contribution < -0.4 is 5.73 Å². The quantitative estimate of drug-likeness (QED) is 0.828. The van der Waals surface area contributed by atoms with E-state index in [0.717, 1.165) is 24.5 Å². The average molecular weight is 240 g/mol. The zero-order valence-electron chi connectivity index (χ0n) is 10.1. The summed E-state index contributed by atoms with van der Waals surface area (Å²) in [5.74, 6) is 0.730. The van der Waals surface area contributed by atoms with Crippen LogP contribution in [0, 0.1) is 5.92 Å². The Morgan fingerprint density at radius 3 is 2.44 bits per heavy atom. The van der Waals surface area contributed by atoms with Gasteiger partial charge in [0.1, 0.15) is 0 Å². The summed E-state index contributed by atoms with van der Waals surface area (Å²) in [5.41, 5.74) is 8.28. The topological polar surface area (TPSA) is 26.0 Å². The van der Waals surface area contributed by atoms with E-state index in [4.69, 9.17) is 5.73 Å². The van der Waals surface area contributed by atoms with E-state index >= 15 is 0 Å². The SMILES string of the molecule is CC(C)CCC(N)=CCc1ccccc1.Cl. The molecule has 0 atom stereocenters. The monoisotopic (exact) mass is 239 g/mol. The van der Waals surface area contributed by atoms with Gasteiger partial charge in [-0.25, -0.2) is 0 Å². The van der Waals surface area contributed by atoms with Crippen LogP contribution in [0.1, 0.15) is 32.3 Å². The molecule has 0 aliphatic rings. The van der Waals surface area contributed by atoms with Crippen LogP contribution in [0.25, 0.3) is 0 Å². The van der Waals surface area contributed by atoms with E-state index in [1.165, 1.54) is 12.0 Å². The van der Waals surface area contributed by atoms with Gasteiger partial charge in [-0.15, -0.1) is 12.4 Å². The van der Waals surface area contributed by atoms with Gasteiger partial charge in [-0.05, 0) is 30.7 Å². The predicted octanol–water partition coefficient (Wildman–Crippen LogP) is 3.93. The zero-order valence-corrected chi connectivity index (χ0v) is 11.0. The molecular formula is C14H22ClN. The molecule has 0 aromatic heterocycles. The van der Waals surface area contributed by atoms with Gasteiger partial charge in [0.15, 0.2) is 0 Å². The Hall–Kier alpha value is -0.950. The molecule has 1 aromatic rings. The molecule has 0 spiro atoms. The Morgan fingerprint density at radius 2 is 1.88 bits per heavy atom. The molecule has 2 heteroatoms. The van der Waals surface area contributed by atoms with Gasteiger partial charge >= 0.3 is 0 Å². The molecule has 0 bridgehead atoms. The molecule has 0 aliphatic carbocycles. The highest BCUT2D eigenvalue weighted by atomic mass is 35.5. The van der Waals surface area contributed by atoms with Crippen LogP contribution >= 0.6 is 12.4 Å². The number of benzene rings is 1. The first kappa shape index (κ1) is 15.0. The van der Waals surface area contributed by atoms with E-state index in [1.807, 2.05) is 6.07 Å². The van der Waals surface area contributed by atoms with E-state index in [2.05, 4.69) is 44.2 Å². The maximum atomic E-state index is 5.93. The molecule has 0 heterocycles. The van der Waals surface area contributed by atoms with Gasteiger partial charge in [-0.2, -0.15) is 0 Å². The normalized spacial score (nSPS) is 11.3. The largest absolute Gasteiger partial charge is 0.402 e. The first-order chi connectivity index (χ1) is 7.18. The Morgan fingerprint density at radius 1 is 1.25 bits per heavy atom. The lowest BCUT2D eigenvalue weighted by Crippen LogP contribution is -2.00. The summed E-state index contributed by atoms with van der Waals surface area (Å²) < 4.78 is 0. The molecule has 1 aromatic carbocycles. The molecule has 0 saturated heterocycles. The predicted molar refractivity (Wildman–Crippen MR) is 73.7 cm³/mol. The number of rotatable bonds is 5. The molecule has 0 aliphatic heterocycles. The van der Waals surface area contributed by atoms with Gasteiger partial charge in [0.25, 0.3) is 0 Å². The molecule has 0 amide bonds. The van der Waals surface area contributed by atoms with Gasteiger partial charge in [-0.1, -0.05) is 50.3 Å². The molecule has 0 radical (unpaired) electrons. The number of hydrogen-bond acceptors (Lipinski definition) is 1. The third kappa shape index (κ3) is 6.52. The average Bonchev–Trinajstić information content (AvgIpc) is 2.25. The lowest BCUT2D eigenvalue weighted by Gasteiger charge is -2.04. The standard InChI is InChI=1S/C14H21N.ClH/c1-12(2)8-10-14(15)11-9-13-6-4-3-5-7-13;/h3-7,11-12H,8-10,15H2,1-2H3;1H. The van der Waals surface area contributed by atoms with Crippen LogP contribution in [0.2, 0.25) is 0 Å². The maximum Gasteiger partial charge on any atom is 0.00434 e. The Balaban J connectivity index is 0.00000225. The van der Waals surface area contributed by atoms with Crippen molar-refractivity contribution >= 4 is 12.4 Å². The highest BCUT2D eigenvalue weighted by molar-refractivity contribution is 5.85. The van der Waals surface area contributed by atoms with E-state index in [-0.39, 0.29) is 12.4 Å². The second-order valence-electron chi connectivity index (χ2n) is 4.40. The van der Waals surface area contributed by atoms with Crippen molar-refractivity contribution in [1.82, 2.24) is 0 Å². The van der Waals surface area contributed by atoms with Crippen LogP contribution in [-0.4, -0.2) is 0 Å². The number of hydrogen-bond donors (Lipinski definition) is 1. The molecule has 0 unspecified atom stereocenters. The zero-order chi connectivity index (χ0) is 11.1. The Labute approximate surface area is 105 Å². The molecule has 16 heavy (non-hydrogen) atoms. The fourth-order valence-electron chi connectivity index (χ4n) is 1.42. The smallest absolute Gasteiger partial charge is 0.00434 e. The first-order valence-electron chi connectivity index (χ1n) is 5.67. The third-order valence-electron chi connectivity index (χ3n) is 2.45. The fourth-order valence-corrected chi connectivity index (χ4v) is 1.42. The number of halogens is 1. The minimum absolute atomic E-state index is 0. The highest BCUT2D eigenvalue weighted by Gasteiger charge is 1.96. The van der Waals surface area contributed by atoms with Crippen LogP contribution in [0.3, 0.4) is 0 Å². The molecule has 0 saturated carbocycles. The van der Waals surface area contributed by atoms with Crippen LogP contribution in [0.5, 0.6) is 0 Å². The third-order valence-corrected chi connectivity index (χ3v) is 2.45. The van der Waals surface area contributed by atoms with Crippen molar-refractivity contribution in [3.8, 4) is 0 Å². The van der Waals surface area contributed by atoms with E-state index in [9.17, 15) is 0 Å². The number of nitrogens with two attached hydrogens (primary N) is 1. The minimum atomic E-state index is 0. The fraction of sp³-hybridized carbons (Fsp3) is 0.429. The first-order valence-corrected chi connectivity index (χ1v) is 5.67. The van der Waals surface area contributed by atoms with E-state index in [1.54, 1.807) is 0 Å². The summed E-state index contributed by atoms with van der Waals surface area (Å²) in [6.45, 7) is 4.45. The Bertz CT molecular complexity index is 304. The van der Waals surface area contributed by atoms with Crippen molar-refractivity contribution in [1.29, 1.82) is 0 Å². The molecule has 90 valence electrons. The lowest BCUT2D eigenvalue weighted by molar-refractivity contribution is 0.582. The molecule has 0 fully saturated rings.